The van der Waals surface area contributed by atoms with E-state index in [1.807, 2.05) is 6.07 Å². The van der Waals surface area contributed by atoms with Crippen LogP contribution in [0.15, 0.2) is 58.7 Å². The minimum atomic E-state index is -1.36. The second-order valence-electron chi connectivity index (χ2n) is 6.57. The number of aliphatic imine (C=N–C) groups is 1. The summed E-state index contributed by atoms with van der Waals surface area (Å²) in [6.45, 7) is 0. The summed E-state index contributed by atoms with van der Waals surface area (Å²) in [6.07, 6.45) is 2.26. The van der Waals surface area contributed by atoms with Gasteiger partial charge in [0.25, 0.3) is 0 Å². The number of benzene rings is 2. The Morgan fingerprint density at radius 1 is 1.10 bits per heavy atom. The summed E-state index contributed by atoms with van der Waals surface area (Å²) in [7, 11) is 4.51. The second kappa shape index (κ2) is 11.3. The molecule has 0 aromatic heterocycles. The fourth-order valence-electron chi connectivity index (χ4n) is 3.01. The van der Waals surface area contributed by atoms with Crippen molar-refractivity contribution in [3.8, 4) is 11.5 Å². The van der Waals surface area contributed by atoms with Gasteiger partial charge in [-0.2, -0.15) is 4.91 Å². The minimum Gasteiger partial charge on any atom is -0.497 e. The van der Waals surface area contributed by atoms with E-state index in [4.69, 9.17) is 20.3 Å². The first-order valence-corrected chi connectivity index (χ1v) is 9.41. The number of carbonyl (C=O) groups is 1. The van der Waals surface area contributed by atoms with Gasteiger partial charge in [0.1, 0.15) is 29.3 Å². The van der Waals surface area contributed by atoms with Crippen LogP contribution >= 0.6 is 0 Å². The smallest absolute Gasteiger partial charge is 0.205 e. The van der Waals surface area contributed by atoms with Gasteiger partial charge < -0.3 is 25.2 Å². The maximum Gasteiger partial charge on any atom is 0.205 e. The SMILES string of the molecule is CN=CC(C=N)C(N=O)C(=N)C(=O)C(Nc1cc(OC)cc(OC)c1)c1ccccc1. The van der Waals surface area contributed by atoms with E-state index in [9.17, 15) is 9.70 Å². The molecule has 0 amide bonds. The van der Waals surface area contributed by atoms with Crippen molar-refractivity contribution in [2.75, 3.05) is 26.6 Å². The van der Waals surface area contributed by atoms with Crippen LogP contribution in [0.3, 0.4) is 0 Å². The summed E-state index contributed by atoms with van der Waals surface area (Å²) in [4.78, 5) is 28.6. The van der Waals surface area contributed by atoms with Crippen molar-refractivity contribution in [2.45, 2.75) is 12.1 Å². The summed E-state index contributed by atoms with van der Waals surface area (Å²) < 4.78 is 10.6. The van der Waals surface area contributed by atoms with E-state index in [2.05, 4.69) is 15.5 Å². The quantitative estimate of drug-likeness (QED) is 0.354. The normalized spacial score (nSPS) is 13.6. The van der Waals surface area contributed by atoms with Crippen LogP contribution in [0.25, 0.3) is 0 Å². The topological polar surface area (TPSA) is 137 Å². The molecule has 31 heavy (non-hydrogen) atoms. The van der Waals surface area contributed by atoms with E-state index in [1.54, 1.807) is 42.5 Å². The van der Waals surface area contributed by atoms with Crippen LogP contribution in [0.1, 0.15) is 11.6 Å². The number of hydrogen-bond acceptors (Lipinski definition) is 9. The number of carbonyl (C=O) groups excluding carboxylic acids is 1. The summed E-state index contributed by atoms with van der Waals surface area (Å²) in [5.74, 6) is -0.487. The third-order valence-corrected chi connectivity index (χ3v) is 4.61. The fraction of sp³-hybridized carbons (Fsp3) is 0.273. The molecule has 0 aliphatic heterocycles. The molecule has 2 aromatic rings. The number of anilines is 1. The van der Waals surface area contributed by atoms with Crippen molar-refractivity contribution < 1.29 is 14.3 Å². The van der Waals surface area contributed by atoms with E-state index < -0.39 is 29.5 Å². The van der Waals surface area contributed by atoms with Crippen LogP contribution in [0.2, 0.25) is 0 Å². The molecular weight excluding hydrogens is 398 g/mol. The molecule has 0 heterocycles. The van der Waals surface area contributed by atoms with Gasteiger partial charge in [-0.3, -0.25) is 10.2 Å². The van der Waals surface area contributed by atoms with Gasteiger partial charge in [-0.25, -0.2) is 0 Å². The first-order chi connectivity index (χ1) is 15.0. The molecule has 162 valence electrons. The van der Waals surface area contributed by atoms with Crippen molar-refractivity contribution in [1.82, 2.24) is 0 Å². The number of nitrogens with one attached hydrogen (secondary N) is 3. The Labute approximate surface area is 180 Å². The van der Waals surface area contributed by atoms with Gasteiger partial charge in [-0.15, -0.1) is 0 Å². The molecule has 0 saturated carbocycles. The number of rotatable bonds is 12. The number of nitrogens with zero attached hydrogens (tertiary/aromatic N) is 2. The van der Waals surface area contributed by atoms with Gasteiger partial charge in [0.15, 0.2) is 0 Å². The Morgan fingerprint density at radius 3 is 2.19 bits per heavy atom. The zero-order valence-electron chi connectivity index (χ0n) is 17.5. The van der Waals surface area contributed by atoms with Crippen LogP contribution in [0.5, 0.6) is 11.5 Å². The molecule has 0 saturated heterocycles. The maximum absolute atomic E-state index is 13.3. The van der Waals surface area contributed by atoms with Gasteiger partial charge >= 0.3 is 0 Å². The van der Waals surface area contributed by atoms with Crippen LogP contribution in [0, 0.1) is 21.6 Å². The van der Waals surface area contributed by atoms with Crippen LogP contribution in [-0.2, 0) is 4.79 Å². The third kappa shape index (κ3) is 5.81. The molecule has 9 nitrogen and oxygen atoms in total. The van der Waals surface area contributed by atoms with E-state index >= 15 is 0 Å². The van der Waals surface area contributed by atoms with Crippen LogP contribution in [-0.4, -0.2) is 51.2 Å². The van der Waals surface area contributed by atoms with E-state index in [-0.39, 0.29) is 0 Å². The van der Waals surface area contributed by atoms with Crippen LogP contribution < -0.4 is 14.8 Å². The predicted octanol–water partition coefficient (Wildman–Crippen LogP) is 3.55. The number of hydrogen-bond donors (Lipinski definition) is 3. The highest BCUT2D eigenvalue weighted by Crippen LogP contribution is 2.29. The summed E-state index contributed by atoms with van der Waals surface area (Å²) >= 11 is 0. The highest BCUT2D eigenvalue weighted by Gasteiger charge is 2.33. The molecule has 0 spiro atoms. The molecule has 3 N–H and O–H groups in total. The summed E-state index contributed by atoms with van der Waals surface area (Å²) in [5.41, 5.74) is 0.611. The maximum atomic E-state index is 13.3. The van der Waals surface area contributed by atoms with Gasteiger partial charge in [0.05, 0.1) is 20.1 Å². The first-order valence-electron chi connectivity index (χ1n) is 9.41. The van der Waals surface area contributed by atoms with E-state index in [0.717, 1.165) is 6.21 Å². The first kappa shape index (κ1) is 23.4. The minimum absolute atomic E-state index is 0.514. The molecule has 0 fully saturated rings. The molecule has 9 heteroatoms. The standard InChI is InChI=1S/C22H25N5O4/c1-25-13-15(12-23)20(27-29)19(24)22(28)21(14-7-5-4-6-8-14)26-16-9-17(30-2)11-18(10-16)31-3/h4-13,15,20-21,23-24,26H,1-3H3. The number of nitroso groups, excluding NO2 is 1. The van der Waals surface area contributed by atoms with E-state index in [0.29, 0.717) is 22.7 Å². The molecule has 0 aliphatic carbocycles. The molecular formula is C22H25N5O4. The zero-order chi connectivity index (χ0) is 22.8. The second-order valence-corrected chi connectivity index (χ2v) is 6.57. The number of Topliss-reactive ketones (excluding diaryl/α,β-unsaturated/α-hetero) is 1. The predicted molar refractivity (Wildman–Crippen MR) is 121 cm³/mol. The number of ketones is 1. The van der Waals surface area contributed by atoms with Crippen molar-refractivity contribution in [2.24, 2.45) is 16.1 Å². The lowest BCUT2D eigenvalue weighted by molar-refractivity contribution is -0.114. The fourth-order valence-corrected chi connectivity index (χ4v) is 3.01. The van der Waals surface area contributed by atoms with Crippen LogP contribution in [0.4, 0.5) is 5.69 Å². The monoisotopic (exact) mass is 423 g/mol. The zero-order valence-corrected chi connectivity index (χ0v) is 17.5. The molecule has 0 radical (unpaired) electrons. The Morgan fingerprint density at radius 2 is 1.71 bits per heavy atom. The largest absolute Gasteiger partial charge is 0.497 e. The highest BCUT2D eigenvalue weighted by molar-refractivity contribution is 6.43. The lowest BCUT2D eigenvalue weighted by atomic mass is 9.90. The average molecular weight is 423 g/mol. The van der Waals surface area contributed by atoms with Gasteiger partial charge in [0.2, 0.25) is 5.78 Å². The highest BCUT2D eigenvalue weighted by atomic mass is 16.5. The molecule has 0 bridgehead atoms. The summed E-state index contributed by atoms with van der Waals surface area (Å²) in [6, 6.07) is 11.6. The Bertz CT molecular complexity index is 939. The Balaban J connectivity index is 2.45. The van der Waals surface area contributed by atoms with Crippen molar-refractivity contribution in [3.05, 3.63) is 59.0 Å². The molecule has 3 atom stereocenters. The van der Waals surface area contributed by atoms with Crippen molar-refractivity contribution in [3.63, 3.8) is 0 Å². The molecule has 3 unspecified atom stereocenters. The lowest BCUT2D eigenvalue weighted by Gasteiger charge is -2.22. The molecule has 0 aliphatic rings. The van der Waals surface area contributed by atoms with E-state index in [1.165, 1.54) is 27.5 Å². The summed E-state index contributed by atoms with van der Waals surface area (Å²) in [5, 5.41) is 21.9. The molecule has 2 rings (SSSR count). The molecule has 2 aromatic carbocycles. The third-order valence-electron chi connectivity index (χ3n) is 4.61. The number of methoxy groups -OCH3 is 2. The Hall–Kier alpha value is -3.88. The van der Waals surface area contributed by atoms with Gasteiger partial charge in [-0.05, 0) is 5.56 Å². The Kier molecular flexibility index (Phi) is 8.56. The number of ether oxygens (including phenoxy) is 2. The lowest BCUT2D eigenvalue weighted by Crippen LogP contribution is -2.38. The van der Waals surface area contributed by atoms with Crippen molar-refractivity contribution >= 4 is 29.6 Å². The average Bonchev–Trinajstić information content (AvgIpc) is 2.81. The van der Waals surface area contributed by atoms with Crippen molar-refractivity contribution in [1.29, 1.82) is 10.8 Å². The van der Waals surface area contributed by atoms with Gasteiger partial charge in [0, 0.05) is 43.4 Å². The van der Waals surface area contributed by atoms with Gasteiger partial charge in [-0.1, -0.05) is 35.5 Å².